The lowest BCUT2D eigenvalue weighted by molar-refractivity contribution is 0.0848. The summed E-state index contributed by atoms with van der Waals surface area (Å²) < 4.78 is 6.57. The number of benzene rings is 2. The van der Waals surface area contributed by atoms with Gasteiger partial charge in [-0.25, -0.2) is 0 Å². The van der Waals surface area contributed by atoms with E-state index in [4.69, 9.17) is 4.74 Å². The summed E-state index contributed by atoms with van der Waals surface area (Å²) in [5, 5.41) is 0. The van der Waals surface area contributed by atoms with E-state index in [1.807, 2.05) is 54.6 Å². The van der Waals surface area contributed by atoms with Crippen molar-refractivity contribution in [2.75, 3.05) is 6.61 Å². The summed E-state index contributed by atoms with van der Waals surface area (Å²) in [6.07, 6.45) is 0.417. The summed E-state index contributed by atoms with van der Waals surface area (Å²) in [6.45, 7) is 0.985. The Hall–Kier alpha value is -1.45. The Bertz CT molecular complexity index is 520. The van der Waals surface area contributed by atoms with Gasteiger partial charge >= 0.3 is 0 Å². The Morgan fingerprint density at radius 2 is 1.68 bits per heavy atom. The van der Waals surface area contributed by atoms with Gasteiger partial charge in [-0.05, 0) is 17.7 Å². The van der Waals surface area contributed by atoms with E-state index in [1.165, 1.54) is 0 Å². The molecule has 2 aromatic rings. The quantitative estimate of drug-likeness (QED) is 0.588. The molecule has 2 aromatic carbocycles. The molecule has 98 valence electrons. The predicted molar refractivity (Wildman–Crippen MR) is 79.2 cm³/mol. The zero-order valence-electron chi connectivity index (χ0n) is 10.5. The van der Waals surface area contributed by atoms with E-state index < -0.39 is 0 Å². The number of rotatable bonds is 6. The molecular weight excluding hydrogens is 304 g/mol. The second-order valence-electron chi connectivity index (χ2n) is 4.22. The molecule has 3 heteroatoms. The van der Waals surface area contributed by atoms with Crippen LogP contribution in [0, 0.1) is 0 Å². The minimum Gasteiger partial charge on any atom is -0.376 e. The highest BCUT2D eigenvalue weighted by atomic mass is 79.9. The molecule has 0 saturated heterocycles. The molecule has 0 aliphatic carbocycles. The van der Waals surface area contributed by atoms with Crippen LogP contribution in [0.25, 0.3) is 0 Å². The van der Waals surface area contributed by atoms with Crippen LogP contribution < -0.4 is 0 Å². The smallest absolute Gasteiger partial charge is 0.165 e. The van der Waals surface area contributed by atoms with Gasteiger partial charge in [0.2, 0.25) is 0 Å². The maximum absolute atomic E-state index is 11.8. The number of Topliss-reactive ketones (excluding diaryl/α,β-unsaturated/α-hetero) is 1. The highest BCUT2D eigenvalue weighted by Crippen LogP contribution is 2.11. The summed E-state index contributed by atoms with van der Waals surface area (Å²) >= 11 is 3.39. The van der Waals surface area contributed by atoms with Gasteiger partial charge in [0.15, 0.2) is 5.78 Å². The van der Waals surface area contributed by atoms with Gasteiger partial charge in [0, 0.05) is 16.5 Å². The molecule has 2 rings (SSSR count). The standard InChI is InChI=1S/C16H15BrO2/c17-15-8-6-13(7-9-15)12-19-11-10-16(18)14-4-2-1-3-5-14/h1-9H,10-12H2. The molecule has 0 spiro atoms. The summed E-state index contributed by atoms with van der Waals surface area (Å²) in [7, 11) is 0. The van der Waals surface area contributed by atoms with E-state index >= 15 is 0 Å². The number of carbonyl (C=O) groups excluding carboxylic acids is 1. The van der Waals surface area contributed by atoms with Crippen molar-refractivity contribution in [1.82, 2.24) is 0 Å². The van der Waals surface area contributed by atoms with Gasteiger partial charge in [-0.15, -0.1) is 0 Å². The van der Waals surface area contributed by atoms with Crippen LogP contribution in [-0.4, -0.2) is 12.4 Å². The van der Waals surface area contributed by atoms with Crippen LogP contribution in [0.2, 0.25) is 0 Å². The van der Waals surface area contributed by atoms with Crippen LogP contribution in [-0.2, 0) is 11.3 Å². The first-order chi connectivity index (χ1) is 9.25. The van der Waals surface area contributed by atoms with Crippen LogP contribution >= 0.6 is 15.9 Å². The zero-order chi connectivity index (χ0) is 13.5. The third-order valence-electron chi connectivity index (χ3n) is 2.75. The van der Waals surface area contributed by atoms with Gasteiger partial charge in [-0.2, -0.15) is 0 Å². The molecule has 2 nitrogen and oxygen atoms in total. The normalized spacial score (nSPS) is 10.4. The second-order valence-corrected chi connectivity index (χ2v) is 5.13. The predicted octanol–water partition coefficient (Wildman–Crippen LogP) is 4.24. The molecular formula is C16H15BrO2. The molecule has 0 aliphatic rings. The summed E-state index contributed by atoms with van der Waals surface area (Å²) in [6, 6.07) is 17.3. The Morgan fingerprint density at radius 3 is 2.37 bits per heavy atom. The number of hydrogen-bond donors (Lipinski definition) is 0. The van der Waals surface area contributed by atoms with Crippen molar-refractivity contribution in [1.29, 1.82) is 0 Å². The summed E-state index contributed by atoms with van der Waals surface area (Å²) in [5.41, 5.74) is 1.85. The Kier molecular flexibility index (Phi) is 5.31. The van der Waals surface area contributed by atoms with E-state index in [0.29, 0.717) is 19.6 Å². The van der Waals surface area contributed by atoms with Gasteiger partial charge in [0.05, 0.1) is 13.2 Å². The van der Waals surface area contributed by atoms with Gasteiger partial charge in [-0.3, -0.25) is 4.79 Å². The maximum Gasteiger partial charge on any atom is 0.165 e. The Morgan fingerprint density at radius 1 is 1.00 bits per heavy atom. The van der Waals surface area contributed by atoms with Crippen molar-refractivity contribution in [2.45, 2.75) is 13.0 Å². The monoisotopic (exact) mass is 318 g/mol. The van der Waals surface area contributed by atoms with Gasteiger partial charge in [-0.1, -0.05) is 58.4 Å². The average molecular weight is 319 g/mol. The van der Waals surface area contributed by atoms with Crippen molar-refractivity contribution >= 4 is 21.7 Å². The highest BCUT2D eigenvalue weighted by molar-refractivity contribution is 9.10. The molecule has 0 bridgehead atoms. The average Bonchev–Trinajstić information content (AvgIpc) is 2.46. The van der Waals surface area contributed by atoms with E-state index in [0.717, 1.165) is 15.6 Å². The highest BCUT2D eigenvalue weighted by Gasteiger charge is 2.04. The maximum atomic E-state index is 11.8. The molecule has 0 unspecified atom stereocenters. The SMILES string of the molecule is O=C(CCOCc1ccc(Br)cc1)c1ccccc1. The number of ether oxygens (including phenoxy) is 1. The molecule has 0 radical (unpaired) electrons. The lowest BCUT2D eigenvalue weighted by atomic mass is 10.1. The first kappa shape index (κ1) is 14.0. The van der Waals surface area contributed by atoms with E-state index in [-0.39, 0.29) is 5.78 Å². The minimum absolute atomic E-state index is 0.122. The van der Waals surface area contributed by atoms with Crippen LogP contribution in [0.1, 0.15) is 22.3 Å². The number of halogens is 1. The zero-order valence-corrected chi connectivity index (χ0v) is 12.1. The number of carbonyl (C=O) groups is 1. The van der Waals surface area contributed by atoms with Gasteiger partial charge < -0.3 is 4.74 Å². The first-order valence-corrected chi connectivity index (χ1v) is 6.95. The van der Waals surface area contributed by atoms with Crippen LogP contribution in [0.15, 0.2) is 59.1 Å². The van der Waals surface area contributed by atoms with Crippen molar-refractivity contribution in [2.24, 2.45) is 0 Å². The van der Waals surface area contributed by atoms with Crippen molar-refractivity contribution in [3.63, 3.8) is 0 Å². The van der Waals surface area contributed by atoms with Crippen LogP contribution in [0.3, 0.4) is 0 Å². The summed E-state index contributed by atoms with van der Waals surface area (Å²) in [5.74, 6) is 0.122. The van der Waals surface area contributed by atoms with E-state index in [9.17, 15) is 4.79 Å². The van der Waals surface area contributed by atoms with Crippen molar-refractivity contribution in [3.8, 4) is 0 Å². The number of hydrogen-bond acceptors (Lipinski definition) is 2. The molecule has 0 heterocycles. The molecule has 0 atom stereocenters. The molecule has 0 aliphatic heterocycles. The summed E-state index contributed by atoms with van der Waals surface area (Å²) in [4.78, 5) is 11.8. The Labute approximate surface area is 121 Å². The molecule has 0 saturated carbocycles. The fraction of sp³-hybridized carbons (Fsp3) is 0.188. The first-order valence-electron chi connectivity index (χ1n) is 6.16. The fourth-order valence-corrected chi connectivity index (χ4v) is 1.97. The largest absolute Gasteiger partial charge is 0.376 e. The van der Waals surface area contributed by atoms with Crippen LogP contribution in [0.5, 0.6) is 0 Å². The topological polar surface area (TPSA) is 26.3 Å². The molecule has 0 amide bonds. The lowest BCUT2D eigenvalue weighted by Crippen LogP contribution is -2.04. The molecule has 0 aromatic heterocycles. The molecule has 0 N–H and O–H groups in total. The minimum atomic E-state index is 0.122. The number of ketones is 1. The van der Waals surface area contributed by atoms with Gasteiger partial charge in [0.25, 0.3) is 0 Å². The van der Waals surface area contributed by atoms with Crippen LogP contribution in [0.4, 0.5) is 0 Å². The second kappa shape index (κ2) is 7.22. The Balaban J connectivity index is 1.72. The van der Waals surface area contributed by atoms with Gasteiger partial charge in [0.1, 0.15) is 0 Å². The van der Waals surface area contributed by atoms with Crippen molar-refractivity contribution in [3.05, 3.63) is 70.2 Å². The molecule has 0 fully saturated rings. The van der Waals surface area contributed by atoms with E-state index in [2.05, 4.69) is 15.9 Å². The lowest BCUT2D eigenvalue weighted by Gasteiger charge is -2.04. The molecule has 19 heavy (non-hydrogen) atoms. The van der Waals surface area contributed by atoms with Crippen molar-refractivity contribution < 1.29 is 9.53 Å². The third kappa shape index (κ3) is 4.62. The fourth-order valence-electron chi connectivity index (χ4n) is 1.70. The van der Waals surface area contributed by atoms with E-state index in [1.54, 1.807) is 0 Å². The third-order valence-corrected chi connectivity index (χ3v) is 3.28.